The Balaban J connectivity index is 1.67. The lowest BCUT2D eigenvalue weighted by Crippen LogP contribution is -2.31. The lowest BCUT2D eigenvalue weighted by molar-refractivity contribution is 0.258. The number of carbonyl (C=O) groups excluding carboxylic acids is 1. The molecule has 0 atom stereocenters. The van der Waals surface area contributed by atoms with Gasteiger partial charge in [0.2, 0.25) is 5.06 Å². The summed E-state index contributed by atoms with van der Waals surface area (Å²) in [4.78, 5) is 17.4. The number of hydrogen-bond donors (Lipinski definition) is 1. The number of nitrogens with zero attached hydrogens (tertiary/aromatic N) is 2. The predicted molar refractivity (Wildman–Crippen MR) is 92.4 cm³/mol. The highest BCUT2D eigenvalue weighted by atomic mass is 32.1. The zero-order valence-corrected chi connectivity index (χ0v) is 14.2. The normalized spacial score (nSPS) is 10.5. The molecule has 1 heterocycles. The second kappa shape index (κ2) is 7.44. The van der Waals surface area contributed by atoms with Gasteiger partial charge in [-0.3, -0.25) is 10.2 Å². The Morgan fingerprint density at radius 2 is 1.92 bits per heavy atom. The number of hydrogen-bond acceptors (Lipinski definition) is 4. The van der Waals surface area contributed by atoms with Crippen LogP contribution in [0, 0.1) is 17.5 Å². The van der Waals surface area contributed by atoms with Gasteiger partial charge in [0, 0.05) is 18.8 Å². The molecule has 0 unspecified atom stereocenters. The zero-order valence-electron chi connectivity index (χ0n) is 13.4. The van der Waals surface area contributed by atoms with Gasteiger partial charge in [-0.25, -0.2) is 22.9 Å². The van der Waals surface area contributed by atoms with Gasteiger partial charge in [0.15, 0.2) is 16.7 Å². The molecular formula is C17H12F3N3O2S. The van der Waals surface area contributed by atoms with Crippen molar-refractivity contribution in [3.63, 3.8) is 0 Å². The first-order valence-electron chi connectivity index (χ1n) is 7.31. The number of amides is 2. The Labute approximate surface area is 150 Å². The van der Waals surface area contributed by atoms with E-state index in [1.807, 2.05) is 0 Å². The van der Waals surface area contributed by atoms with Crippen LogP contribution in [-0.4, -0.2) is 18.1 Å². The standard InChI is InChI=1S/C17H12F3N3O2S/c1-23(12-4-2-3-10(18)7-12)17(24)22-16-21-9-15(26-16)25-14-6-5-11(19)8-13(14)20/h2-9H,1H3,(H,21,22,24). The highest BCUT2D eigenvalue weighted by Gasteiger charge is 2.15. The third-order valence-electron chi connectivity index (χ3n) is 3.30. The van der Waals surface area contributed by atoms with Crippen LogP contribution in [0.15, 0.2) is 48.7 Å². The van der Waals surface area contributed by atoms with Crippen LogP contribution in [0.4, 0.5) is 28.8 Å². The molecule has 2 amide bonds. The van der Waals surface area contributed by atoms with Crippen molar-refractivity contribution in [3.8, 4) is 10.8 Å². The Bertz CT molecular complexity index is 949. The minimum atomic E-state index is -0.852. The molecule has 0 aliphatic carbocycles. The van der Waals surface area contributed by atoms with Crippen molar-refractivity contribution in [3.05, 3.63) is 66.1 Å². The summed E-state index contributed by atoms with van der Waals surface area (Å²) in [6.07, 6.45) is 1.30. The van der Waals surface area contributed by atoms with Crippen LogP contribution in [0.1, 0.15) is 0 Å². The average molecular weight is 379 g/mol. The molecule has 0 saturated carbocycles. The van der Waals surface area contributed by atoms with E-state index in [2.05, 4.69) is 10.3 Å². The Morgan fingerprint density at radius 1 is 1.15 bits per heavy atom. The van der Waals surface area contributed by atoms with Crippen LogP contribution in [0.2, 0.25) is 0 Å². The van der Waals surface area contributed by atoms with Gasteiger partial charge in [-0.1, -0.05) is 17.4 Å². The fraction of sp³-hybridized carbons (Fsp3) is 0.0588. The summed E-state index contributed by atoms with van der Waals surface area (Å²) in [5, 5.41) is 2.94. The topological polar surface area (TPSA) is 54.5 Å². The van der Waals surface area contributed by atoms with E-state index >= 15 is 0 Å². The van der Waals surface area contributed by atoms with Crippen LogP contribution in [0.25, 0.3) is 0 Å². The lowest BCUT2D eigenvalue weighted by atomic mass is 10.3. The van der Waals surface area contributed by atoms with Crippen molar-refractivity contribution in [1.29, 1.82) is 0 Å². The molecule has 3 rings (SSSR count). The summed E-state index contributed by atoms with van der Waals surface area (Å²) >= 11 is 0.958. The molecule has 1 N–H and O–H groups in total. The van der Waals surface area contributed by atoms with Gasteiger partial charge in [0.05, 0.1) is 6.20 Å². The van der Waals surface area contributed by atoms with E-state index in [1.165, 1.54) is 36.3 Å². The molecule has 0 radical (unpaired) electrons. The molecule has 0 bridgehead atoms. The summed E-state index contributed by atoms with van der Waals surface area (Å²) in [5.41, 5.74) is 0.365. The van der Waals surface area contributed by atoms with E-state index in [9.17, 15) is 18.0 Å². The summed E-state index contributed by atoms with van der Waals surface area (Å²) in [6.45, 7) is 0. The summed E-state index contributed by atoms with van der Waals surface area (Å²) in [5.74, 6) is -2.19. The first kappa shape index (κ1) is 17.7. The van der Waals surface area contributed by atoms with E-state index in [1.54, 1.807) is 6.07 Å². The Kier molecular flexibility index (Phi) is 5.08. The molecule has 5 nitrogen and oxygen atoms in total. The van der Waals surface area contributed by atoms with Crippen LogP contribution in [-0.2, 0) is 0 Å². The molecule has 2 aromatic carbocycles. The van der Waals surface area contributed by atoms with E-state index in [4.69, 9.17) is 4.74 Å². The van der Waals surface area contributed by atoms with Gasteiger partial charge < -0.3 is 4.74 Å². The number of aromatic nitrogens is 1. The molecule has 9 heteroatoms. The van der Waals surface area contributed by atoms with Crippen LogP contribution >= 0.6 is 11.3 Å². The summed E-state index contributed by atoms with van der Waals surface area (Å²) in [6, 6.07) is 7.94. The number of thiazole rings is 1. The van der Waals surface area contributed by atoms with Crippen molar-refractivity contribution in [2.45, 2.75) is 0 Å². The van der Waals surface area contributed by atoms with Gasteiger partial charge in [-0.15, -0.1) is 0 Å². The van der Waals surface area contributed by atoms with Crippen LogP contribution < -0.4 is 15.0 Å². The number of nitrogens with one attached hydrogen (secondary N) is 1. The second-order valence-electron chi connectivity index (χ2n) is 5.13. The quantitative estimate of drug-likeness (QED) is 0.692. The van der Waals surface area contributed by atoms with E-state index in [0.717, 1.165) is 23.5 Å². The average Bonchev–Trinajstić information content (AvgIpc) is 3.03. The molecule has 26 heavy (non-hydrogen) atoms. The molecule has 3 aromatic rings. The minimum Gasteiger partial charge on any atom is -0.442 e. The molecule has 0 spiro atoms. The van der Waals surface area contributed by atoms with Crippen molar-refractivity contribution in [2.75, 3.05) is 17.3 Å². The molecule has 0 saturated heterocycles. The zero-order chi connectivity index (χ0) is 18.7. The van der Waals surface area contributed by atoms with Crippen LogP contribution in [0.3, 0.4) is 0 Å². The second-order valence-corrected chi connectivity index (χ2v) is 6.12. The molecule has 134 valence electrons. The first-order chi connectivity index (χ1) is 12.4. The summed E-state index contributed by atoms with van der Waals surface area (Å²) < 4.78 is 45.0. The first-order valence-corrected chi connectivity index (χ1v) is 8.13. The number of rotatable bonds is 4. The third kappa shape index (κ3) is 4.12. The predicted octanol–water partition coefficient (Wildman–Crippen LogP) is 5.02. The fourth-order valence-electron chi connectivity index (χ4n) is 2.01. The molecule has 0 aliphatic heterocycles. The smallest absolute Gasteiger partial charge is 0.327 e. The van der Waals surface area contributed by atoms with Gasteiger partial charge in [0.25, 0.3) is 0 Å². The SMILES string of the molecule is CN(C(=O)Nc1ncc(Oc2ccc(F)cc2F)s1)c1cccc(F)c1. The number of carbonyl (C=O) groups is 1. The Morgan fingerprint density at radius 3 is 2.65 bits per heavy atom. The number of halogens is 3. The maximum atomic E-state index is 13.6. The third-order valence-corrected chi connectivity index (χ3v) is 4.09. The van der Waals surface area contributed by atoms with Crippen LogP contribution in [0.5, 0.6) is 10.8 Å². The van der Waals surface area contributed by atoms with Gasteiger partial charge in [-0.05, 0) is 30.3 Å². The van der Waals surface area contributed by atoms with Gasteiger partial charge in [-0.2, -0.15) is 0 Å². The monoisotopic (exact) mass is 379 g/mol. The minimum absolute atomic E-state index is 0.162. The van der Waals surface area contributed by atoms with E-state index in [-0.39, 0.29) is 15.9 Å². The number of ether oxygens (including phenoxy) is 1. The lowest BCUT2D eigenvalue weighted by Gasteiger charge is -2.16. The molecule has 1 aromatic heterocycles. The van der Waals surface area contributed by atoms with Gasteiger partial charge in [0.1, 0.15) is 11.6 Å². The maximum Gasteiger partial charge on any atom is 0.327 e. The highest BCUT2D eigenvalue weighted by Crippen LogP contribution is 2.32. The number of benzene rings is 2. The largest absolute Gasteiger partial charge is 0.442 e. The van der Waals surface area contributed by atoms with Crippen molar-refractivity contribution in [2.24, 2.45) is 0 Å². The summed E-state index contributed by atoms with van der Waals surface area (Å²) in [7, 11) is 1.48. The fourth-order valence-corrected chi connectivity index (χ4v) is 2.68. The Hall–Kier alpha value is -3.07. The maximum absolute atomic E-state index is 13.6. The molecule has 0 fully saturated rings. The van der Waals surface area contributed by atoms with Crippen molar-refractivity contribution >= 4 is 28.2 Å². The molecule has 0 aliphatic rings. The number of anilines is 2. The van der Waals surface area contributed by atoms with Crippen molar-refractivity contribution < 1.29 is 22.7 Å². The van der Waals surface area contributed by atoms with E-state index < -0.39 is 23.5 Å². The van der Waals surface area contributed by atoms with E-state index in [0.29, 0.717) is 11.8 Å². The van der Waals surface area contributed by atoms with Crippen molar-refractivity contribution in [1.82, 2.24) is 4.98 Å². The highest BCUT2D eigenvalue weighted by molar-refractivity contribution is 7.17. The molecular weight excluding hydrogens is 367 g/mol. The number of urea groups is 1. The van der Waals surface area contributed by atoms with Gasteiger partial charge >= 0.3 is 6.03 Å².